The highest BCUT2D eigenvalue weighted by atomic mass is 16.6. The Morgan fingerprint density at radius 3 is 2.58 bits per heavy atom. The SMILES string of the molecule is CC(C)NC(=O)COC(=O)c1cc([N+](=O)[O-])ccc1N1CCCC1. The highest BCUT2D eigenvalue weighted by molar-refractivity contribution is 5.97. The third-order valence-corrected chi connectivity index (χ3v) is 3.64. The normalized spacial score (nSPS) is 13.9. The molecule has 0 atom stereocenters. The molecule has 130 valence electrons. The summed E-state index contributed by atoms with van der Waals surface area (Å²) in [4.78, 5) is 36.3. The molecular weight excluding hydrogens is 314 g/mol. The molecule has 0 radical (unpaired) electrons. The van der Waals surface area contributed by atoms with E-state index in [1.807, 2.05) is 4.90 Å². The molecule has 1 aromatic carbocycles. The number of benzene rings is 1. The fourth-order valence-electron chi connectivity index (χ4n) is 2.61. The van der Waals surface area contributed by atoms with Crippen LogP contribution in [0, 0.1) is 10.1 Å². The van der Waals surface area contributed by atoms with Crippen molar-refractivity contribution in [3.8, 4) is 0 Å². The number of amides is 1. The van der Waals surface area contributed by atoms with E-state index in [-0.39, 0.29) is 17.3 Å². The summed E-state index contributed by atoms with van der Waals surface area (Å²) >= 11 is 0. The third-order valence-electron chi connectivity index (χ3n) is 3.64. The second-order valence-corrected chi connectivity index (χ2v) is 5.95. The maximum Gasteiger partial charge on any atom is 0.341 e. The Morgan fingerprint density at radius 2 is 2.00 bits per heavy atom. The summed E-state index contributed by atoms with van der Waals surface area (Å²) in [7, 11) is 0. The number of nitro groups is 1. The summed E-state index contributed by atoms with van der Waals surface area (Å²) in [6.07, 6.45) is 2.00. The molecule has 0 saturated carbocycles. The number of rotatable bonds is 6. The van der Waals surface area contributed by atoms with Crippen LogP contribution in [-0.2, 0) is 9.53 Å². The number of anilines is 1. The van der Waals surface area contributed by atoms with Gasteiger partial charge in [0.15, 0.2) is 6.61 Å². The van der Waals surface area contributed by atoms with Crippen LogP contribution in [0.25, 0.3) is 0 Å². The number of hydrogen-bond acceptors (Lipinski definition) is 6. The number of carbonyl (C=O) groups is 2. The van der Waals surface area contributed by atoms with Gasteiger partial charge >= 0.3 is 5.97 Å². The quantitative estimate of drug-likeness (QED) is 0.484. The first-order valence-electron chi connectivity index (χ1n) is 7.88. The maximum atomic E-state index is 12.3. The van der Waals surface area contributed by atoms with Gasteiger partial charge < -0.3 is 15.0 Å². The third kappa shape index (κ3) is 4.43. The Kier molecular flexibility index (Phi) is 5.73. The van der Waals surface area contributed by atoms with Gasteiger partial charge in [0.05, 0.1) is 16.2 Å². The van der Waals surface area contributed by atoms with Gasteiger partial charge in [-0.05, 0) is 32.8 Å². The Morgan fingerprint density at radius 1 is 1.33 bits per heavy atom. The molecule has 1 fully saturated rings. The van der Waals surface area contributed by atoms with E-state index in [0.717, 1.165) is 25.9 Å². The van der Waals surface area contributed by atoms with Gasteiger partial charge in [-0.15, -0.1) is 0 Å². The van der Waals surface area contributed by atoms with Crippen molar-refractivity contribution >= 4 is 23.3 Å². The number of nitro benzene ring substituents is 1. The first-order valence-corrected chi connectivity index (χ1v) is 7.88. The summed E-state index contributed by atoms with van der Waals surface area (Å²) in [6.45, 7) is 4.74. The van der Waals surface area contributed by atoms with Crippen LogP contribution in [-0.4, -0.2) is 42.5 Å². The van der Waals surface area contributed by atoms with Gasteiger partial charge in [-0.1, -0.05) is 0 Å². The van der Waals surface area contributed by atoms with Gasteiger partial charge in [-0.2, -0.15) is 0 Å². The summed E-state index contributed by atoms with van der Waals surface area (Å²) in [5, 5.41) is 13.6. The minimum absolute atomic E-state index is 0.0609. The summed E-state index contributed by atoms with van der Waals surface area (Å²) in [5.74, 6) is -1.15. The lowest BCUT2D eigenvalue weighted by Gasteiger charge is -2.20. The van der Waals surface area contributed by atoms with Crippen molar-refractivity contribution in [2.45, 2.75) is 32.7 Å². The van der Waals surface area contributed by atoms with Gasteiger partial charge in [0.2, 0.25) is 0 Å². The molecule has 0 aromatic heterocycles. The monoisotopic (exact) mass is 335 g/mol. The molecule has 0 aliphatic carbocycles. The minimum atomic E-state index is -0.737. The van der Waals surface area contributed by atoms with Crippen LogP contribution in [0.4, 0.5) is 11.4 Å². The van der Waals surface area contributed by atoms with E-state index in [1.165, 1.54) is 12.1 Å². The van der Waals surface area contributed by atoms with Crippen LogP contribution in [0.3, 0.4) is 0 Å². The van der Waals surface area contributed by atoms with Gasteiger partial charge in [0.1, 0.15) is 0 Å². The molecule has 1 heterocycles. The molecule has 8 heteroatoms. The molecule has 1 aliphatic rings. The lowest BCUT2D eigenvalue weighted by molar-refractivity contribution is -0.384. The van der Waals surface area contributed by atoms with E-state index in [2.05, 4.69) is 5.32 Å². The number of non-ortho nitro benzene ring substituents is 1. The van der Waals surface area contributed by atoms with Crippen LogP contribution >= 0.6 is 0 Å². The van der Waals surface area contributed by atoms with Crippen molar-refractivity contribution in [1.82, 2.24) is 5.32 Å². The van der Waals surface area contributed by atoms with Gasteiger partial charge in [0, 0.05) is 31.3 Å². The lowest BCUT2D eigenvalue weighted by atomic mass is 10.1. The van der Waals surface area contributed by atoms with Crippen molar-refractivity contribution < 1.29 is 19.2 Å². The molecular formula is C16H21N3O5. The summed E-state index contributed by atoms with van der Waals surface area (Å²) in [5.41, 5.74) is 0.535. The Balaban J connectivity index is 2.18. The van der Waals surface area contributed by atoms with E-state index in [1.54, 1.807) is 19.9 Å². The predicted octanol–water partition coefficient (Wildman–Crippen LogP) is 1.88. The first-order chi connectivity index (χ1) is 11.4. The topological polar surface area (TPSA) is 102 Å². The second-order valence-electron chi connectivity index (χ2n) is 5.95. The molecule has 1 saturated heterocycles. The number of hydrogen-bond donors (Lipinski definition) is 1. The molecule has 1 amide bonds. The van der Waals surface area contributed by atoms with Gasteiger partial charge in [-0.3, -0.25) is 14.9 Å². The molecule has 1 aromatic rings. The number of ether oxygens (including phenoxy) is 1. The van der Waals surface area contributed by atoms with Crippen molar-refractivity contribution in [3.63, 3.8) is 0 Å². The van der Waals surface area contributed by atoms with E-state index < -0.39 is 23.4 Å². The Bertz CT molecular complexity index is 639. The van der Waals surface area contributed by atoms with Crippen LogP contribution in [0.15, 0.2) is 18.2 Å². The average Bonchev–Trinajstić information content (AvgIpc) is 3.05. The number of esters is 1. The molecule has 1 N–H and O–H groups in total. The van der Waals surface area contributed by atoms with E-state index in [9.17, 15) is 19.7 Å². The molecule has 0 spiro atoms. The standard InChI is InChI=1S/C16H21N3O5/c1-11(2)17-15(20)10-24-16(21)13-9-12(19(22)23)5-6-14(13)18-7-3-4-8-18/h5-6,9,11H,3-4,7-8,10H2,1-2H3,(H,17,20). The van der Waals surface area contributed by atoms with Gasteiger partial charge in [0.25, 0.3) is 11.6 Å². The van der Waals surface area contributed by atoms with E-state index in [4.69, 9.17) is 4.74 Å². The Labute approximate surface area is 139 Å². The fourth-order valence-corrected chi connectivity index (χ4v) is 2.61. The zero-order valence-electron chi connectivity index (χ0n) is 13.8. The minimum Gasteiger partial charge on any atom is -0.452 e. The summed E-state index contributed by atoms with van der Waals surface area (Å²) in [6, 6.07) is 4.08. The Hall–Kier alpha value is -2.64. The smallest absolute Gasteiger partial charge is 0.341 e. The van der Waals surface area contributed by atoms with Crippen LogP contribution in [0.5, 0.6) is 0 Å². The molecule has 1 aliphatic heterocycles. The first kappa shape index (κ1) is 17.7. The predicted molar refractivity (Wildman–Crippen MR) is 88.1 cm³/mol. The van der Waals surface area contributed by atoms with Gasteiger partial charge in [-0.25, -0.2) is 4.79 Å². The number of nitrogens with zero attached hydrogens (tertiary/aromatic N) is 2. The van der Waals surface area contributed by atoms with Crippen molar-refractivity contribution in [3.05, 3.63) is 33.9 Å². The molecule has 0 unspecified atom stereocenters. The fraction of sp³-hybridized carbons (Fsp3) is 0.500. The summed E-state index contributed by atoms with van der Waals surface area (Å²) < 4.78 is 5.03. The largest absolute Gasteiger partial charge is 0.452 e. The molecule has 2 rings (SSSR count). The van der Waals surface area contributed by atoms with Crippen LogP contribution in [0.1, 0.15) is 37.0 Å². The average molecular weight is 335 g/mol. The van der Waals surface area contributed by atoms with Crippen molar-refractivity contribution in [2.24, 2.45) is 0 Å². The van der Waals surface area contributed by atoms with Crippen LogP contribution < -0.4 is 10.2 Å². The molecule has 8 nitrogen and oxygen atoms in total. The second kappa shape index (κ2) is 7.76. The highest BCUT2D eigenvalue weighted by Gasteiger charge is 2.24. The maximum absolute atomic E-state index is 12.3. The van der Waals surface area contributed by atoms with Crippen molar-refractivity contribution in [1.29, 1.82) is 0 Å². The molecule has 24 heavy (non-hydrogen) atoms. The zero-order valence-corrected chi connectivity index (χ0v) is 13.8. The van der Waals surface area contributed by atoms with E-state index in [0.29, 0.717) is 5.69 Å². The van der Waals surface area contributed by atoms with Crippen LogP contribution in [0.2, 0.25) is 0 Å². The highest BCUT2D eigenvalue weighted by Crippen LogP contribution is 2.28. The number of nitrogens with one attached hydrogen (secondary N) is 1. The zero-order chi connectivity index (χ0) is 17.7. The lowest BCUT2D eigenvalue weighted by Crippen LogP contribution is -2.34. The van der Waals surface area contributed by atoms with E-state index >= 15 is 0 Å². The number of carbonyl (C=O) groups excluding carboxylic acids is 2. The molecule has 0 bridgehead atoms. The van der Waals surface area contributed by atoms with Crippen molar-refractivity contribution in [2.75, 3.05) is 24.6 Å².